The minimum Gasteiger partial charge on any atom is -0.352 e. The van der Waals surface area contributed by atoms with Gasteiger partial charge in [0.2, 0.25) is 5.91 Å². The average Bonchev–Trinajstić information content (AvgIpc) is 2.56. The number of alkyl halides is 1. The highest BCUT2D eigenvalue weighted by Gasteiger charge is 2.12. The minimum atomic E-state index is -0.458. The number of hydrogen-bond donors (Lipinski definition) is 1. The lowest BCUT2D eigenvalue weighted by atomic mass is 10.1. The molecule has 78 valence electrons. The first-order chi connectivity index (χ1) is 6.59. The first-order valence-electron chi connectivity index (χ1n) is 4.55. The Hall–Kier alpha value is -0.540. The van der Waals surface area contributed by atoms with Gasteiger partial charge >= 0.3 is 0 Å². The van der Waals surface area contributed by atoms with Crippen LogP contribution in [-0.2, 0) is 11.2 Å². The fourth-order valence-corrected chi connectivity index (χ4v) is 1.92. The fraction of sp³-hybridized carbons (Fsp3) is 0.500. The Bertz CT molecular complexity index is 284. The van der Waals surface area contributed by atoms with Gasteiger partial charge < -0.3 is 5.32 Å². The normalized spacial score (nSPS) is 14.8. The maximum atomic E-state index is 11.2. The quantitative estimate of drug-likeness (QED) is 0.793. The molecule has 0 radical (unpaired) electrons. The van der Waals surface area contributed by atoms with Crippen molar-refractivity contribution >= 4 is 28.8 Å². The second kappa shape index (κ2) is 5.37. The van der Waals surface area contributed by atoms with Crippen LogP contribution < -0.4 is 5.32 Å². The summed E-state index contributed by atoms with van der Waals surface area (Å²) in [7, 11) is 0. The predicted molar refractivity (Wildman–Crippen MR) is 60.9 cm³/mol. The summed E-state index contributed by atoms with van der Waals surface area (Å²) in [4.78, 5) is 11.2. The Morgan fingerprint density at radius 2 is 2.36 bits per heavy atom. The molecule has 1 aromatic rings. The van der Waals surface area contributed by atoms with Crippen molar-refractivity contribution in [3.05, 3.63) is 22.4 Å². The van der Waals surface area contributed by atoms with Crippen molar-refractivity contribution < 1.29 is 4.79 Å². The zero-order valence-electron chi connectivity index (χ0n) is 8.29. The summed E-state index contributed by atoms with van der Waals surface area (Å²) in [6.07, 6.45) is 0.860. The molecule has 0 spiro atoms. The molecule has 4 heteroatoms. The Labute approximate surface area is 93.3 Å². The van der Waals surface area contributed by atoms with Gasteiger partial charge in [-0.1, -0.05) is 0 Å². The van der Waals surface area contributed by atoms with Crippen molar-refractivity contribution in [2.45, 2.75) is 31.7 Å². The van der Waals surface area contributed by atoms with Gasteiger partial charge in [-0.15, -0.1) is 11.6 Å². The molecule has 0 aliphatic rings. The number of rotatable bonds is 4. The van der Waals surface area contributed by atoms with E-state index in [4.69, 9.17) is 11.6 Å². The van der Waals surface area contributed by atoms with E-state index in [1.165, 1.54) is 5.56 Å². The van der Waals surface area contributed by atoms with Gasteiger partial charge in [-0.05, 0) is 42.7 Å². The Kier molecular flexibility index (Phi) is 4.42. The molecule has 0 aliphatic heterocycles. The van der Waals surface area contributed by atoms with Crippen LogP contribution in [0.5, 0.6) is 0 Å². The lowest BCUT2D eigenvalue weighted by Crippen LogP contribution is -2.37. The van der Waals surface area contributed by atoms with Crippen molar-refractivity contribution in [1.29, 1.82) is 0 Å². The summed E-state index contributed by atoms with van der Waals surface area (Å²) < 4.78 is 0. The second-order valence-electron chi connectivity index (χ2n) is 3.36. The van der Waals surface area contributed by atoms with Gasteiger partial charge in [-0.3, -0.25) is 4.79 Å². The summed E-state index contributed by atoms with van der Waals surface area (Å²) in [5.41, 5.74) is 1.25. The number of carbonyl (C=O) groups is 1. The molecule has 1 amide bonds. The predicted octanol–water partition coefficient (Wildman–Crippen LogP) is 2.42. The van der Waals surface area contributed by atoms with Crippen molar-refractivity contribution in [2.75, 3.05) is 0 Å². The smallest absolute Gasteiger partial charge is 0.237 e. The van der Waals surface area contributed by atoms with Gasteiger partial charge in [0, 0.05) is 6.04 Å². The van der Waals surface area contributed by atoms with E-state index in [0.717, 1.165) is 6.42 Å². The minimum absolute atomic E-state index is 0.102. The van der Waals surface area contributed by atoms with Crippen LogP contribution in [0.25, 0.3) is 0 Å². The zero-order valence-corrected chi connectivity index (χ0v) is 9.86. The summed E-state index contributed by atoms with van der Waals surface area (Å²) in [5.74, 6) is -0.102. The van der Waals surface area contributed by atoms with Crippen molar-refractivity contribution in [3.63, 3.8) is 0 Å². The Morgan fingerprint density at radius 3 is 2.86 bits per heavy atom. The molecule has 0 aliphatic carbocycles. The number of hydrogen-bond acceptors (Lipinski definition) is 2. The molecule has 1 N–H and O–H groups in total. The van der Waals surface area contributed by atoms with Crippen LogP contribution >= 0.6 is 22.9 Å². The van der Waals surface area contributed by atoms with Crippen LogP contribution in [-0.4, -0.2) is 17.3 Å². The van der Waals surface area contributed by atoms with Crippen LogP contribution in [0.4, 0.5) is 0 Å². The molecule has 2 atom stereocenters. The monoisotopic (exact) mass is 231 g/mol. The van der Waals surface area contributed by atoms with Crippen LogP contribution in [0.3, 0.4) is 0 Å². The fourth-order valence-electron chi connectivity index (χ4n) is 1.17. The lowest BCUT2D eigenvalue weighted by molar-refractivity contribution is -0.121. The van der Waals surface area contributed by atoms with E-state index in [0.29, 0.717) is 0 Å². The molecule has 14 heavy (non-hydrogen) atoms. The number of nitrogens with one attached hydrogen (secondary N) is 1. The summed E-state index contributed by atoms with van der Waals surface area (Å²) in [6.45, 7) is 3.66. The van der Waals surface area contributed by atoms with E-state index in [1.54, 1.807) is 18.3 Å². The highest BCUT2D eigenvalue weighted by atomic mass is 35.5. The van der Waals surface area contributed by atoms with Crippen LogP contribution in [0.2, 0.25) is 0 Å². The van der Waals surface area contributed by atoms with Gasteiger partial charge in [0.15, 0.2) is 0 Å². The van der Waals surface area contributed by atoms with E-state index in [2.05, 4.69) is 16.8 Å². The van der Waals surface area contributed by atoms with E-state index in [9.17, 15) is 4.79 Å². The van der Waals surface area contributed by atoms with E-state index in [1.807, 2.05) is 12.3 Å². The van der Waals surface area contributed by atoms with Gasteiger partial charge in [-0.2, -0.15) is 11.3 Å². The largest absolute Gasteiger partial charge is 0.352 e. The van der Waals surface area contributed by atoms with Crippen molar-refractivity contribution in [2.24, 2.45) is 0 Å². The average molecular weight is 232 g/mol. The van der Waals surface area contributed by atoms with Gasteiger partial charge in [0.1, 0.15) is 5.38 Å². The van der Waals surface area contributed by atoms with E-state index < -0.39 is 5.38 Å². The number of halogens is 1. The molecule has 1 aromatic heterocycles. The van der Waals surface area contributed by atoms with Crippen LogP contribution in [0.1, 0.15) is 19.4 Å². The SMILES string of the molecule is CC(Cc1ccsc1)NC(=O)C(C)Cl. The van der Waals surface area contributed by atoms with Crippen molar-refractivity contribution in [1.82, 2.24) is 5.32 Å². The van der Waals surface area contributed by atoms with Gasteiger partial charge in [0.25, 0.3) is 0 Å². The molecular weight excluding hydrogens is 218 g/mol. The van der Waals surface area contributed by atoms with Crippen LogP contribution in [0.15, 0.2) is 16.8 Å². The molecule has 0 fully saturated rings. The second-order valence-corrected chi connectivity index (χ2v) is 4.80. The van der Waals surface area contributed by atoms with E-state index >= 15 is 0 Å². The first-order valence-corrected chi connectivity index (χ1v) is 5.93. The standard InChI is InChI=1S/C10H14ClNOS/c1-7(12-10(13)8(2)11)5-9-3-4-14-6-9/h3-4,6-8H,5H2,1-2H3,(H,12,13). The summed E-state index contributed by atoms with van der Waals surface area (Å²) >= 11 is 7.31. The zero-order chi connectivity index (χ0) is 10.6. The van der Waals surface area contributed by atoms with Crippen molar-refractivity contribution in [3.8, 4) is 0 Å². The lowest BCUT2D eigenvalue weighted by Gasteiger charge is -2.13. The maximum Gasteiger partial charge on any atom is 0.237 e. The van der Waals surface area contributed by atoms with Gasteiger partial charge in [0.05, 0.1) is 0 Å². The summed E-state index contributed by atoms with van der Waals surface area (Å²) in [6, 6.07) is 2.20. The van der Waals surface area contributed by atoms with Crippen LogP contribution in [0, 0.1) is 0 Å². The maximum absolute atomic E-state index is 11.2. The Morgan fingerprint density at radius 1 is 1.64 bits per heavy atom. The third kappa shape index (κ3) is 3.68. The summed E-state index contributed by atoms with van der Waals surface area (Å²) in [5, 5.41) is 6.52. The topological polar surface area (TPSA) is 29.1 Å². The van der Waals surface area contributed by atoms with Gasteiger partial charge in [-0.25, -0.2) is 0 Å². The molecule has 1 rings (SSSR count). The Balaban J connectivity index is 2.36. The number of carbonyl (C=O) groups excluding carboxylic acids is 1. The number of amides is 1. The highest BCUT2D eigenvalue weighted by molar-refractivity contribution is 7.07. The third-order valence-corrected chi connectivity index (χ3v) is 2.80. The highest BCUT2D eigenvalue weighted by Crippen LogP contribution is 2.08. The number of thiophene rings is 1. The van der Waals surface area contributed by atoms with E-state index in [-0.39, 0.29) is 11.9 Å². The first kappa shape index (κ1) is 11.5. The molecule has 2 unspecified atom stereocenters. The molecule has 0 saturated carbocycles. The molecule has 0 aromatic carbocycles. The third-order valence-electron chi connectivity index (χ3n) is 1.87. The molecule has 0 bridgehead atoms. The molecule has 1 heterocycles. The molecule has 0 saturated heterocycles. The molecule has 2 nitrogen and oxygen atoms in total. The molecular formula is C10H14ClNOS.